The molecule has 0 spiro atoms. The van der Waals surface area contributed by atoms with Crippen molar-refractivity contribution in [3.05, 3.63) is 59.7 Å². The van der Waals surface area contributed by atoms with Crippen LogP contribution in [0.1, 0.15) is 37.3 Å². The average molecular weight is 323 g/mol. The molecule has 1 amide bonds. The van der Waals surface area contributed by atoms with E-state index >= 15 is 0 Å². The number of nitrogens with zero attached hydrogens (tertiary/aromatic N) is 1. The highest BCUT2D eigenvalue weighted by atomic mass is 16.5. The number of aryl methyl sites for hydroxylation is 2. The second kappa shape index (κ2) is 7.52. The molecule has 2 aromatic rings. The van der Waals surface area contributed by atoms with E-state index in [2.05, 4.69) is 12.1 Å². The molecule has 0 saturated heterocycles. The topological polar surface area (TPSA) is 29.5 Å². The van der Waals surface area contributed by atoms with Crippen LogP contribution in [0.25, 0.3) is 0 Å². The zero-order valence-electron chi connectivity index (χ0n) is 14.5. The third-order valence-electron chi connectivity index (χ3n) is 4.72. The Morgan fingerprint density at radius 2 is 1.79 bits per heavy atom. The van der Waals surface area contributed by atoms with E-state index in [1.807, 2.05) is 43.3 Å². The summed E-state index contributed by atoms with van der Waals surface area (Å²) in [4.78, 5) is 14.4. The first-order valence-electron chi connectivity index (χ1n) is 8.80. The van der Waals surface area contributed by atoms with Gasteiger partial charge in [0.2, 0.25) is 0 Å². The van der Waals surface area contributed by atoms with Gasteiger partial charge in [0, 0.05) is 12.7 Å². The zero-order chi connectivity index (χ0) is 16.9. The molecule has 1 aliphatic rings. The molecule has 3 nitrogen and oxygen atoms in total. The second-order valence-electron chi connectivity index (χ2n) is 6.39. The molecule has 2 aromatic carbocycles. The average Bonchev–Trinajstić information content (AvgIpc) is 2.65. The molecule has 0 aromatic heterocycles. The molecule has 0 radical (unpaired) electrons. The van der Waals surface area contributed by atoms with Crippen molar-refractivity contribution in [2.24, 2.45) is 0 Å². The predicted molar refractivity (Wildman–Crippen MR) is 97.6 cm³/mol. The van der Waals surface area contributed by atoms with Crippen LogP contribution in [0.2, 0.25) is 0 Å². The minimum Gasteiger partial charge on any atom is -0.481 e. The molecule has 126 valence electrons. The predicted octanol–water partition coefficient (Wildman–Crippen LogP) is 4.39. The lowest BCUT2D eigenvalue weighted by Gasteiger charge is -2.24. The second-order valence-corrected chi connectivity index (χ2v) is 6.39. The van der Waals surface area contributed by atoms with E-state index in [4.69, 9.17) is 4.74 Å². The number of anilines is 1. The van der Waals surface area contributed by atoms with E-state index in [1.54, 1.807) is 11.9 Å². The summed E-state index contributed by atoms with van der Waals surface area (Å²) in [5.41, 5.74) is 3.68. The van der Waals surface area contributed by atoms with E-state index in [0.717, 1.165) is 24.3 Å². The van der Waals surface area contributed by atoms with Crippen LogP contribution in [-0.4, -0.2) is 19.1 Å². The van der Waals surface area contributed by atoms with Crippen molar-refractivity contribution in [3.63, 3.8) is 0 Å². The molecule has 1 aliphatic carbocycles. The molecule has 1 atom stereocenters. The number of benzene rings is 2. The number of para-hydroxylation sites is 1. The third kappa shape index (κ3) is 3.61. The lowest BCUT2D eigenvalue weighted by molar-refractivity contribution is -0.125. The summed E-state index contributed by atoms with van der Waals surface area (Å²) in [7, 11) is 1.80. The summed E-state index contributed by atoms with van der Waals surface area (Å²) >= 11 is 0. The van der Waals surface area contributed by atoms with Crippen LogP contribution < -0.4 is 9.64 Å². The Labute approximate surface area is 144 Å². The van der Waals surface area contributed by atoms with Gasteiger partial charge in [-0.05, 0) is 67.5 Å². The molecule has 0 saturated carbocycles. The maximum absolute atomic E-state index is 12.8. The SMILES string of the molecule is CCC(Oc1ccc2c(c1)CCCC2)C(=O)N(C)c1ccccc1. The number of fused-ring (bicyclic) bond motifs is 1. The van der Waals surface area contributed by atoms with Crippen molar-refractivity contribution in [2.45, 2.75) is 45.1 Å². The molecule has 3 heteroatoms. The van der Waals surface area contributed by atoms with Crippen molar-refractivity contribution in [2.75, 3.05) is 11.9 Å². The molecule has 3 rings (SSSR count). The minimum absolute atomic E-state index is 0.0126. The number of likely N-dealkylation sites (N-methyl/N-ethyl adjacent to an activating group) is 1. The Hall–Kier alpha value is -2.29. The van der Waals surface area contributed by atoms with Gasteiger partial charge in [-0.2, -0.15) is 0 Å². The highest BCUT2D eigenvalue weighted by molar-refractivity contribution is 5.96. The van der Waals surface area contributed by atoms with E-state index in [-0.39, 0.29) is 5.91 Å². The molecule has 24 heavy (non-hydrogen) atoms. The monoisotopic (exact) mass is 323 g/mol. The first-order chi connectivity index (χ1) is 11.7. The highest BCUT2D eigenvalue weighted by Gasteiger charge is 2.23. The molecular formula is C21H25NO2. The Kier molecular flexibility index (Phi) is 5.19. The molecule has 0 heterocycles. The maximum Gasteiger partial charge on any atom is 0.267 e. The first-order valence-corrected chi connectivity index (χ1v) is 8.80. The van der Waals surface area contributed by atoms with Crippen LogP contribution >= 0.6 is 0 Å². The van der Waals surface area contributed by atoms with E-state index < -0.39 is 6.10 Å². The molecule has 0 aliphatic heterocycles. The van der Waals surface area contributed by atoms with Crippen LogP contribution in [-0.2, 0) is 17.6 Å². The summed E-state index contributed by atoms with van der Waals surface area (Å²) in [5, 5.41) is 0. The van der Waals surface area contributed by atoms with Crippen LogP contribution in [0, 0.1) is 0 Å². The Balaban J connectivity index is 1.73. The number of carbonyl (C=O) groups is 1. The van der Waals surface area contributed by atoms with Gasteiger partial charge in [0.05, 0.1) is 0 Å². The number of hydrogen-bond donors (Lipinski definition) is 0. The van der Waals surface area contributed by atoms with Gasteiger partial charge in [0.25, 0.3) is 5.91 Å². The van der Waals surface area contributed by atoms with Crippen LogP contribution in [0.15, 0.2) is 48.5 Å². The fourth-order valence-corrected chi connectivity index (χ4v) is 3.25. The Bertz CT molecular complexity index is 696. The largest absolute Gasteiger partial charge is 0.481 e. The summed E-state index contributed by atoms with van der Waals surface area (Å²) in [6.45, 7) is 1.99. The highest BCUT2D eigenvalue weighted by Crippen LogP contribution is 2.26. The molecule has 1 unspecified atom stereocenters. The third-order valence-corrected chi connectivity index (χ3v) is 4.72. The summed E-state index contributed by atoms with van der Waals surface area (Å²) in [6, 6.07) is 16.0. The number of rotatable bonds is 5. The summed E-state index contributed by atoms with van der Waals surface area (Å²) < 4.78 is 6.04. The molecular weight excluding hydrogens is 298 g/mol. The van der Waals surface area contributed by atoms with Crippen LogP contribution in [0.5, 0.6) is 5.75 Å². The van der Waals surface area contributed by atoms with Gasteiger partial charge in [0.1, 0.15) is 5.75 Å². The van der Waals surface area contributed by atoms with Gasteiger partial charge in [-0.15, -0.1) is 0 Å². The fraction of sp³-hybridized carbons (Fsp3) is 0.381. The van der Waals surface area contributed by atoms with Gasteiger partial charge < -0.3 is 9.64 Å². The summed E-state index contributed by atoms with van der Waals surface area (Å²) in [5.74, 6) is 0.790. The number of ether oxygens (including phenoxy) is 1. The number of hydrogen-bond acceptors (Lipinski definition) is 2. The minimum atomic E-state index is -0.461. The zero-order valence-corrected chi connectivity index (χ0v) is 14.5. The van der Waals surface area contributed by atoms with Gasteiger partial charge in [0.15, 0.2) is 6.10 Å². The van der Waals surface area contributed by atoms with Crippen molar-refractivity contribution in [1.82, 2.24) is 0 Å². The standard InChI is InChI=1S/C21H25NO2/c1-3-20(21(23)22(2)18-11-5-4-6-12-18)24-19-14-13-16-9-7-8-10-17(16)15-19/h4-6,11-15,20H,3,7-10H2,1-2H3. The van der Waals surface area contributed by atoms with E-state index in [1.165, 1.54) is 24.0 Å². The van der Waals surface area contributed by atoms with Crippen molar-refractivity contribution in [3.8, 4) is 5.75 Å². The number of amides is 1. The molecule has 0 fully saturated rings. The summed E-state index contributed by atoms with van der Waals surface area (Å²) in [6.07, 6.45) is 4.96. The van der Waals surface area contributed by atoms with E-state index in [0.29, 0.717) is 6.42 Å². The van der Waals surface area contributed by atoms with Gasteiger partial charge in [-0.1, -0.05) is 31.2 Å². The van der Waals surface area contributed by atoms with Crippen LogP contribution in [0.4, 0.5) is 5.69 Å². The first kappa shape index (κ1) is 16.6. The fourth-order valence-electron chi connectivity index (χ4n) is 3.25. The van der Waals surface area contributed by atoms with Gasteiger partial charge in [-0.25, -0.2) is 0 Å². The van der Waals surface area contributed by atoms with Gasteiger partial charge >= 0.3 is 0 Å². The Morgan fingerprint density at radius 1 is 1.08 bits per heavy atom. The van der Waals surface area contributed by atoms with Gasteiger partial charge in [-0.3, -0.25) is 4.79 Å². The van der Waals surface area contributed by atoms with E-state index in [9.17, 15) is 4.79 Å². The van der Waals surface area contributed by atoms with Crippen molar-refractivity contribution >= 4 is 11.6 Å². The van der Waals surface area contributed by atoms with Crippen LogP contribution in [0.3, 0.4) is 0 Å². The Morgan fingerprint density at radius 3 is 2.50 bits per heavy atom. The maximum atomic E-state index is 12.8. The molecule has 0 bridgehead atoms. The van der Waals surface area contributed by atoms with Crippen molar-refractivity contribution in [1.29, 1.82) is 0 Å². The molecule has 0 N–H and O–H groups in total. The lowest BCUT2D eigenvalue weighted by Crippen LogP contribution is -2.39. The quantitative estimate of drug-likeness (QED) is 0.817. The normalized spacial score (nSPS) is 14.6. The smallest absolute Gasteiger partial charge is 0.267 e. The lowest BCUT2D eigenvalue weighted by atomic mass is 9.92. The number of carbonyl (C=O) groups excluding carboxylic acids is 1. The van der Waals surface area contributed by atoms with Crippen molar-refractivity contribution < 1.29 is 9.53 Å².